The van der Waals surface area contributed by atoms with Gasteiger partial charge in [0.15, 0.2) is 0 Å². The van der Waals surface area contributed by atoms with Crippen molar-refractivity contribution >= 4 is 22.4 Å². The molecule has 1 aliphatic rings. The molecule has 0 bridgehead atoms. The van der Waals surface area contributed by atoms with E-state index in [4.69, 9.17) is 0 Å². The van der Waals surface area contributed by atoms with Crippen molar-refractivity contribution in [3.05, 3.63) is 77.9 Å². The number of nitrogens with one attached hydrogen (secondary N) is 2. The lowest BCUT2D eigenvalue weighted by Gasteiger charge is -2.30. The van der Waals surface area contributed by atoms with Crippen molar-refractivity contribution in [2.24, 2.45) is 5.92 Å². The average molecular weight is 398 g/mol. The summed E-state index contributed by atoms with van der Waals surface area (Å²) < 4.78 is 38.7. The standard InChI is InChI=1S/C23H21F3N2O/c1-22(16-9-11-17(12-10-16)23(24,25)26)14-27-13-19(22)21(29)28-20-8-4-6-15-5-2-3-7-18(15)20/h2-12,19,27H,13-14H2,1H3,(H,28,29)/t19-,22+/m0/s1. The number of benzene rings is 3. The molecule has 0 radical (unpaired) electrons. The van der Waals surface area contributed by atoms with Gasteiger partial charge in [-0.05, 0) is 29.1 Å². The molecule has 1 fully saturated rings. The molecule has 0 aliphatic carbocycles. The lowest BCUT2D eigenvalue weighted by molar-refractivity contribution is -0.137. The van der Waals surface area contributed by atoms with E-state index in [2.05, 4.69) is 10.6 Å². The van der Waals surface area contributed by atoms with E-state index in [9.17, 15) is 18.0 Å². The zero-order chi connectivity index (χ0) is 20.6. The summed E-state index contributed by atoms with van der Waals surface area (Å²) in [5, 5.41) is 8.23. The van der Waals surface area contributed by atoms with Gasteiger partial charge in [0.1, 0.15) is 0 Å². The second-order valence-corrected chi connectivity index (χ2v) is 7.69. The van der Waals surface area contributed by atoms with E-state index in [-0.39, 0.29) is 5.91 Å². The Kier molecular flexibility index (Phi) is 4.82. The number of carbonyl (C=O) groups is 1. The quantitative estimate of drug-likeness (QED) is 0.654. The fourth-order valence-corrected chi connectivity index (χ4v) is 4.10. The molecule has 3 nitrogen and oxygen atoms in total. The number of amides is 1. The van der Waals surface area contributed by atoms with E-state index in [1.165, 1.54) is 12.1 Å². The molecule has 3 aromatic rings. The van der Waals surface area contributed by atoms with Gasteiger partial charge in [0.2, 0.25) is 5.91 Å². The highest BCUT2D eigenvalue weighted by Crippen LogP contribution is 2.38. The van der Waals surface area contributed by atoms with Crippen LogP contribution in [0.2, 0.25) is 0 Å². The Balaban J connectivity index is 1.61. The van der Waals surface area contributed by atoms with E-state index < -0.39 is 23.1 Å². The summed E-state index contributed by atoms with van der Waals surface area (Å²) in [7, 11) is 0. The van der Waals surface area contributed by atoms with Crippen molar-refractivity contribution in [3.8, 4) is 0 Å². The topological polar surface area (TPSA) is 41.1 Å². The third-order valence-corrected chi connectivity index (χ3v) is 5.85. The molecule has 1 amide bonds. The number of hydrogen-bond acceptors (Lipinski definition) is 2. The summed E-state index contributed by atoms with van der Waals surface area (Å²) in [4.78, 5) is 13.1. The van der Waals surface area contributed by atoms with Gasteiger partial charge in [-0.1, -0.05) is 55.5 Å². The molecule has 1 saturated heterocycles. The van der Waals surface area contributed by atoms with Crippen LogP contribution in [-0.2, 0) is 16.4 Å². The Labute approximate surface area is 166 Å². The Morgan fingerprint density at radius 1 is 1.03 bits per heavy atom. The van der Waals surface area contributed by atoms with E-state index in [0.717, 1.165) is 28.6 Å². The first-order valence-corrected chi connectivity index (χ1v) is 9.46. The lowest BCUT2D eigenvalue weighted by atomic mass is 9.73. The summed E-state index contributed by atoms with van der Waals surface area (Å²) in [5.41, 5.74) is 0.162. The maximum Gasteiger partial charge on any atom is 0.416 e. The minimum atomic E-state index is -4.38. The molecule has 2 atom stereocenters. The molecule has 0 aromatic heterocycles. The van der Waals surface area contributed by atoms with Gasteiger partial charge in [-0.25, -0.2) is 0 Å². The van der Waals surface area contributed by atoms with Gasteiger partial charge in [-0.15, -0.1) is 0 Å². The molecule has 6 heteroatoms. The van der Waals surface area contributed by atoms with Gasteiger partial charge in [-0.3, -0.25) is 4.79 Å². The Morgan fingerprint density at radius 2 is 1.72 bits per heavy atom. The second-order valence-electron chi connectivity index (χ2n) is 7.69. The van der Waals surface area contributed by atoms with Crippen LogP contribution in [0.3, 0.4) is 0 Å². The zero-order valence-corrected chi connectivity index (χ0v) is 15.9. The number of fused-ring (bicyclic) bond motifs is 1. The van der Waals surface area contributed by atoms with Crippen molar-refractivity contribution < 1.29 is 18.0 Å². The van der Waals surface area contributed by atoms with Gasteiger partial charge < -0.3 is 10.6 Å². The predicted molar refractivity (Wildman–Crippen MR) is 108 cm³/mol. The predicted octanol–water partition coefficient (Wildman–Crippen LogP) is 4.97. The van der Waals surface area contributed by atoms with Crippen molar-refractivity contribution in [2.45, 2.75) is 18.5 Å². The summed E-state index contributed by atoms with van der Waals surface area (Å²) in [5.74, 6) is -0.549. The number of carbonyl (C=O) groups excluding carboxylic acids is 1. The molecule has 4 rings (SSSR count). The van der Waals surface area contributed by atoms with Crippen LogP contribution in [-0.4, -0.2) is 19.0 Å². The number of rotatable bonds is 3. The molecule has 0 spiro atoms. The molecule has 150 valence electrons. The SMILES string of the molecule is C[C@]1(c2ccc(C(F)(F)F)cc2)CNC[C@H]1C(=O)Nc1cccc2ccccc12. The first-order valence-electron chi connectivity index (χ1n) is 9.46. The molecule has 1 heterocycles. The molecular formula is C23H21F3N2O. The molecule has 0 unspecified atom stereocenters. The second kappa shape index (κ2) is 7.19. The summed E-state index contributed by atoms with van der Waals surface area (Å²) >= 11 is 0. The van der Waals surface area contributed by atoms with E-state index in [0.29, 0.717) is 18.7 Å². The summed E-state index contributed by atoms with van der Waals surface area (Å²) in [6, 6.07) is 18.6. The van der Waals surface area contributed by atoms with Crippen LogP contribution in [0.25, 0.3) is 10.8 Å². The smallest absolute Gasteiger partial charge is 0.325 e. The number of anilines is 1. The first-order chi connectivity index (χ1) is 13.8. The van der Waals surface area contributed by atoms with Crippen LogP contribution in [0.1, 0.15) is 18.1 Å². The minimum absolute atomic E-state index is 0.145. The maximum absolute atomic E-state index is 13.1. The van der Waals surface area contributed by atoms with Crippen molar-refractivity contribution in [2.75, 3.05) is 18.4 Å². The summed E-state index contributed by atoms with van der Waals surface area (Å²) in [6.07, 6.45) is -4.38. The van der Waals surface area contributed by atoms with Crippen LogP contribution in [0, 0.1) is 5.92 Å². The highest BCUT2D eigenvalue weighted by Gasteiger charge is 2.44. The zero-order valence-electron chi connectivity index (χ0n) is 15.9. The Hall–Kier alpha value is -2.86. The number of alkyl halides is 3. The normalized spacial score (nSPS) is 22.0. The highest BCUT2D eigenvalue weighted by atomic mass is 19.4. The number of halogens is 3. The fourth-order valence-electron chi connectivity index (χ4n) is 4.10. The average Bonchev–Trinajstić information content (AvgIpc) is 3.11. The van der Waals surface area contributed by atoms with Gasteiger partial charge in [0.05, 0.1) is 11.5 Å². The van der Waals surface area contributed by atoms with Crippen LogP contribution in [0.5, 0.6) is 0 Å². The molecule has 2 N–H and O–H groups in total. The molecular weight excluding hydrogens is 377 g/mol. The van der Waals surface area contributed by atoms with Crippen LogP contribution >= 0.6 is 0 Å². The lowest BCUT2D eigenvalue weighted by Crippen LogP contribution is -2.39. The van der Waals surface area contributed by atoms with Crippen LogP contribution in [0.15, 0.2) is 66.7 Å². The first kappa shape index (κ1) is 19.5. The van der Waals surface area contributed by atoms with Gasteiger partial charge in [0.25, 0.3) is 0 Å². The molecule has 0 saturated carbocycles. The van der Waals surface area contributed by atoms with Crippen molar-refractivity contribution in [3.63, 3.8) is 0 Å². The van der Waals surface area contributed by atoms with Gasteiger partial charge in [-0.2, -0.15) is 13.2 Å². The minimum Gasteiger partial charge on any atom is -0.325 e. The van der Waals surface area contributed by atoms with Crippen LogP contribution in [0.4, 0.5) is 18.9 Å². The largest absolute Gasteiger partial charge is 0.416 e. The molecule has 29 heavy (non-hydrogen) atoms. The van der Waals surface area contributed by atoms with E-state index in [1.807, 2.05) is 49.4 Å². The van der Waals surface area contributed by atoms with Gasteiger partial charge in [0, 0.05) is 29.6 Å². The van der Waals surface area contributed by atoms with E-state index >= 15 is 0 Å². The molecule has 1 aliphatic heterocycles. The van der Waals surface area contributed by atoms with Crippen molar-refractivity contribution in [1.82, 2.24) is 5.32 Å². The highest BCUT2D eigenvalue weighted by molar-refractivity contribution is 6.03. The fraction of sp³-hybridized carbons (Fsp3) is 0.261. The third kappa shape index (κ3) is 3.60. The Morgan fingerprint density at radius 3 is 2.45 bits per heavy atom. The maximum atomic E-state index is 13.1. The number of hydrogen-bond donors (Lipinski definition) is 2. The Bertz CT molecular complexity index is 1040. The third-order valence-electron chi connectivity index (χ3n) is 5.85. The monoisotopic (exact) mass is 398 g/mol. The summed E-state index contributed by atoms with van der Waals surface area (Å²) in [6.45, 7) is 2.91. The van der Waals surface area contributed by atoms with E-state index in [1.54, 1.807) is 0 Å². The molecule has 3 aromatic carbocycles. The van der Waals surface area contributed by atoms with Crippen LogP contribution < -0.4 is 10.6 Å². The van der Waals surface area contributed by atoms with Crippen molar-refractivity contribution in [1.29, 1.82) is 0 Å². The van der Waals surface area contributed by atoms with Gasteiger partial charge >= 0.3 is 6.18 Å².